The van der Waals surface area contributed by atoms with E-state index in [-0.39, 0.29) is 0 Å². The molecule has 1 fully saturated rings. The lowest BCUT2D eigenvalue weighted by molar-refractivity contribution is -0.120. The van der Waals surface area contributed by atoms with Gasteiger partial charge in [-0.1, -0.05) is 0 Å². The van der Waals surface area contributed by atoms with E-state index in [1.54, 1.807) is 4.90 Å². The number of nitrogens with two attached hydrogens (primary N) is 1. The maximum absolute atomic E-state index is 10.4. The van der Waals surface area contributed by atoms with Gasteiger partial charge < -0.3 is 15.4 Å². The molecule has 1 amide bonds. The van der Waals surface area contributed by atoms with Crippen molar-refractivity contribution in [3.05, 3.63) is 0 Å². The van der Waals surface area contributed by atoms with E-state index in [4.69, 9.17) is 5.73 Å². The summed E-state index contributed by atoms with van der Waals surface area (Å²) in [5, 5.41) is 0. The second-order valence-corrected chi connectivity index (χ2v) is 3.24. The normalized spacial score (nSPS) is 21.2. The molecule has 0 bridgehead atoms. The topological polar surface area (TPSA) is 66.6 Å². The first-order chi connectivity index (χ1) is 6.26. The third kappa shape index (κ3) is 3.12. The van der Waals surface area contributed by atoms with Crippen LogP contribution in [0, 0.1) is 0 Å². The summed E-state index contributed by atoms with van der Waals surface area (Å²) < 4.78 is 0. The molecule has 1 atom stereocenters. The van der Waals surface area contributed by atoms with Gasteiger partial charge in [0.1, 0.15) is 6.29 Å². The molecule has 5 nitrogen and oxygen atoms in total. The van der Waals surface area contributed by atoms with Crippen LogP contribution in [0.15, 0.2) is 0 Å². The van der Waals surface area contributed by atoms with Crippen molar-refractivity contribution in [2.45, 2.75) is 6.04 Å². The van der Waals surface area contributed by atoms with Crippen LogP contribution < -0.4 is 5.73 Å². The number of amides is 1. The fraction of sp³-hybridized carbons (Fsp3) is 0.750. The lowest BCUT2D eigenvalue weighted by Gasteiger charge is -2.32. The summed E-state index contributed by atoms with van der Waals surface area (Å²) in [5.74, 6) is 0. The van der Waals surface area contributed by atoms with Crippen LogP contribution in [0.3, 0.4) is 0 Å². The largest absolute Gasteiger partial charge is 0.343 e. The van der Waals surface area contributed by atoms with Gasteiger partial charge in [-0.3, -0.25) is 9.69 Å². The van der Waals surface area contributed by atoms with Gasteiger partial charge in [-0.2, -0.15) is 0 Å². The molecule has 5 heteroatoms. The molecule has 0 radical (unpaired) electrons. The summed E-state index contributed by atoms with van der Waals surface area (Å²) in [6, 6.07) is -0.400. The Bertz CT molecular complexity index is 178. The van der Waals surface area contributed by atoms with E-state index in [0.717, 1.165) is 38.9 Å². The van der Waals surface area contributed by atoms with E-state index in [1.807, 2.05) is 0 Å². The molecular formula is C8H15N3O2. The smallest absolute Gasteiger partial charge is 0.209 e. The minimum atomic E-state index is -0.400. The average Bonchev–Trinajstić information content (AvgIpc) is 2.19. The second-order valence-electron chi connectivity index (χ2n) is 3.24. The van der Waals surface area contributed by atoms with Crippen molar-refractivity contribution in [3.8, 4) is 0 Å². The number of hydrogen-bond donors (Lipinski definition) is 1. The minimum Gasteiger partial charge on any atom is -0.343 e. The van der Waals surface area contributed by atoms with Crippen LogP contribution in [-0.2, 0) is 9.59 Å². The van der Waals surface area contributed by atoms with Gasteiger partial charge in [0.2, 0.25) is 6.41 Å². The molecule has 2 N–H and O–H groups in total. The molecule has 1 unspecified atom stereocenters. The van der Waals surface area contributed by atoms with Crippen molar-refractivity contribution in [2.24, 2.45) is 5.73 Å². The number of carbonyl (C=O) groups excluding carboxylic acids is 2. The Labute approximate surface area is 77.5 Å². The highest BCUT2D eigenvalue weighted by atomic mass is 16.1. The van der Waals surface area contributed by atoms with E-state index in [2.05, 4.69) is 4.90 Å². The van der Waals surface area contributed by atoms with Crippen LogP contribution in [-0.4, -0.2) is 61.3 Å². The fourth-order valence-electron chi connectivity index (χ4n) is 1.39. The zero-order valence-electron chi connectivity index (χ0n) is 7.56. The Kier molecular flexibility index (Phi) is 3.85. The van der Waals surface area contributed by atoms with Crippen molar-refractivity contribution in [3.63, 3.8) is 0 Å². The summed E-state index contributed by atoms with van der Waals surface area (Å²) >= 11 is 0. The molecule has 1 aliphatic heterocycles. The SMILES string of the molecule is NC(C=O)CN1CCN(C=O)CC1. The minimum absolute atomic E-state index is 0.400. The summed E-state index contributed by atoms with van der Waals surface area (Å²) in [4.78, 5) is 24.5. The maximum Gasteiger partial charge on any atom is 0.209 e. The molecule has 0 aromatic carbocycles. The van der Waals surface area contributed by atoms with Gasteiger partial charge in [-0.15, -0.1) is 0 Å². The van der Waals surface area contributed by atoms with Crippen molar-refractivity contribution < 1.29 is 9.59 Å². The molecule has 1 saturated heterocycles. The van der Waals surface area contributed by atoms with Gasteiger partial charge in [0.05, 0.1) is 6.04 Å². The monoisotopic (exact) mass is 185 g/mol. The standard InChI is InChI=1S/C8H15N3O2/c9-8(6-12)5-10-1-3-11(7-13)4-2-10/h6-8H,1-5,9H2. The molecule has 0 spiro atoms. The predicted molar refractivity (Wildman–Crippen MR) is 48.1 cm³/mol. The number of hydrogen-bond acceptors (Lipinski definition) is 4. The van der Waals surface area contributed by atoms with E-state index in [9.17, 15) is 9.59 Å². The van der Waals surface area contributed by atoms with Gasteiger partial charge in [0, 0.05) is 32.7 Å². The fourth-order valence-corrected chi connectivity index (χ4v) is 1.39. The molecule has 1 rings (SSSR count). The third-order valence-corrected chi connectivity index (χ3v) is 2.20. The summed E-state index contributed by atoms with van der Waals surface area (Å²) in [7, 11) is 0. The molecule has 0 aromatic heterocycles. The first-order valence-corrected chi connectivity index (χ1v) is 4.39. The molecule has 13 heavy (non-hydrogen) atoms. The number of piperazine rings is 1. The molecule has 0 aliphatic carbocycles. The van der Waals surface area contributed by atoms with E-state index >= 15 is 0 Å². The van der Waals surface area contributed by atoms with Crippen molar-refractivity contribution in [2.75, 3.05) is 32.7 Å². The summed E-state index contributed by atoms with van der Waals surface area (Å²) in [6.45, 7) is 3.67. The number of carbonyl (C=O) groups is 2. The summed E-state index contributed by atoms with van der Waals surface area (Å²) in [6.07, 6.45) is 1.61. The highest BCUT2D eigenvalue weighted by Crippen LogP contribution is 1.98. The van der Waals surface area contributed by atoms with Crippen LogP contribution in [0.4, 0.5) is 0 Å². The van der Waals surface area contributed by atoms with Crippen molar-refractivity contribution >= 4 is 12.7 Å². The Balaban J connectivity index is 2.24. The predicted octanol–water partition coefficient (Wildman–Crippen LogP) is -1.71. The zero-order chi connectivity index (χ0) is 9.68. The average molecular weight is 185 g/mol. The molecule has 1 heterocycles. The Morgan fingerprint density at radius 1 is 1.23 bits per heavy atom. The Morgan fingerprint density at radius 2 is 1.85 bits per heavy atom. The lowest BCUT2D eigenvalue weighted by atomic mass is 10.2. The first kappa shape index (κ1) is 10.1. The van der Waals surface area contributed by atoms with Crippen molar-refractivity contribution in [1.29, 1.82) is 0 Å². The lowest BCUT2D eigenvalue weighted by Crippen LogP contribution is -2.49. The zero-order valence-corrected chi connectivity index (χ0v) is 7.56. The number of rotatable bonds is 4. The highest BCUT2D eigenvalue weighted by Gasteiger charge is 2.16. The van der Waals surface area contributed by atoms with Crippen molar-refractivity contribution in [1.82, 2.24) is 9.80 Å². The van der Waals surface area contributed by atoms with Gasteiger partial charge in [0.15, 0.2) is 0 Å². The third-order valence-electron chi connectivity index (χ3n) is 2.20. The van der Waals surface area contributed by atoms with Gasteiger partial charge >= 0.3 is 0 Å². The van der Waals surface area contributed by atoms with Gasteiger partial charge in [-0.05, 0) is 0 Å². The molecule has 0 aromatic rings. The number of aldehydes is 1. The van der Waals surface area contributed by atoms with Crippen LogP contribution in [0.1, 0.15) is 0 Å². The van der Waals surface area contributed by atoms with Gasteiger partial charge in [-0.25, -0.2) is 0 Å². The van der Waals surface area contributed by atoms with E-state index in [1.165, 1.54) is 0 Å². The quantitative estimate of drug-likeness (QED) is 0.529. The maximum atomic E-state index is 10.4. The highest BCUT2D eigenvalue weighted by molar-refractivity contribution is 5.57. The van der Waals surface area contributed by atoms with Crippen LogP contribution in [0.2, 0.25) is 0 Å². The summed E-state index contributed by atoms with van der Waals surface area (Å²) in [5.41, 5.74) is 5.48. The molecule has 0 saturated carbocycles. The molecule has 1 aliphatic rings. The van der Waals surface area contributed by atoms with E-state index < -0.39 is 6.04 Å². The second kappa shape index (κ2) is 4.94. The van der Waals surface area contributed by atoms with Crippen LogP contribution >= 0.6 is 0 Å². The number of nitrogens with zero attached hydrogens (tertiary/aromatic N) is 2. The van der Waals surface area contributed by atoms with Gasteiger partial charge in [0.25, 0.3) is 0 Å². The van der Waals surface area contributed by atoms with Crippen LogP contribution in [0.5, 0.6) is 0 Å². The van der Waals surface area contributed by atoms with E-state index in [0.29, 0.717) is 6.54 Å². The first-order valence-electron chi connectivity index (χ1n) is 4.39. The molecular weight excluding hydrogens is 170 g/mol. The Hall–Kier alpha value is -0.940. The Morgan fingerprint density at radius 3 is 2.31 bits per heavy atom. The van der Waals surface area contributed by atoms with Crippen LogP contribution in [0.25, 0.3) is 0 Å². The molecule has 74 valence electrons.